The summed E-state index contributed by atoms with van der Waals surface area (Å²) in [6.07, 6.45) is 1.47. The van der Waals surface area contributed by atoms with E-state index in [4.69, 9.17) is 4.74 Å². The first kappa shape index (κ1) is 17.0. The first-order chi connectivity index (χ1) is 12.6. The molecule has 1 N–H and O–H groups in total. The number of benzene rings is 1. The molecule has 3 heterocycles. The number of nitrogens with one attached hydrogen (secondary N) is 1. The van der Waals surface area contributed by atoms with Crippen molar-refractivity contribution in [2.45, 2.75) is 31.3 Å². The molecule has 0 unspecified atom stereocenters. The number of ether oxygens (including phenoxy) is 1. The molecule has 1 aromatic carbocycles. The molecule has 0 aliphatic carbocycles. The summed E-state index contributed by atoms with van der Waals surface area (Å²) in [6, 6.07) is 5.84. The van der Waals surface area contributed by atoms with Crippen molar-refractivity contribution in [1.29, 1.82) is 0 Å². The fraction of sp³-hybridized carbons (Fsp3) is 0.412. The maximum Gasteiger partial charge on any atom is 0.255 e. The van der Waals surface area contributed by atoms with Crippen molar-refractivity contribution >= 4 is 34.0 Å². The lowest BCUT2D eigenvalue weighted by Crippen LogP contribution is -2.26. The molecule has 136 valence electrons. The Morgan fingerprint density at radius 3 is 2.85 bits per heavy atom. The van der Waals surface area contributed by atoms with Crippen LogP contribution in [0.2, 0.25) is 0 Å². The van der Waals surface area contributed by atoms with Gasteiger partial charge in [-0.2, -0.15) is 0 Å². The van der Waals surface area contributed by atoms with Crippen molar-refractivity contribution in [3.8, 4) is 0 Å². The molecule has 2 aliphatic heterocycles. The number of hydrogen-bond donors (Lipinski definition) is 1. The van der Waals surface area contributed by atoms with Gasteiger partial charge in [0.05, 0.1) is 0 Å². The van der Waals surface area contributed by atoms with Crippen LogP contribution in [0.1, 0.15) is 30.2 Å². The molecule has 2 saturated heterocycles. The average Bonchev–Trinajstić information content (AvgIpc) is 3.36. The summed E-state index contributed by atoms with van der Waals surface area (Å²) < 4.78 is 18.4. The Morgan fingerprint density at radius 2 is 2.12 bits per heavy atom. The van der Waals surface area contributed by atoms with E-state index in [1.807, 2.05) is 0 Å². The molecule has 0 spiro atoms. The van der Waals surface area contributed by atoms with Crippen molar-refractivity contribution in [1.82, 2.24) is 10.2 Å². The van der Waals surface area contributed by atoms with E-state index in [9.17, 15) is 14.0 Å². The quantitative estimate of drug-likeness (QED) is 0.885. The normalized spacial score (nSPS) is 22.8. The van der Waals surface area contributed by atoms with Crippen LogP contribution in [0.4, 0.5) is 15.2 Å². The average molecular weight is 376 g/mol. The van der Waals surface area contributed by atoms with Gasteiger partial charge in [0.1, 0.15) is 16.9 Å². The first-order valence-electron chi connectivity index (χ1n) is 8.42. The van der Waals surface area contributed by atoms with Crippen LogP contribution >= 0.6 is 11.3 Å². The van der Waals surface area contributed by atoms with E-state index in [2.05, 4.69) is 15.5 Å². The van der Waals surface area contributed by atoms with E-state index < -0.39 is 6.10 Å². The minimum atomic E-state index is -0.427. The summed E-state index contributed by atoms with van der Waals surface area (Å²) in [4.78, 5) is 26.0. The fourth-order valence-electron chi connectivity index (χ4n) is 3.16. The number of amides is 2. The van der Waals surface area contributed by atoms with Crippen LogP contribution in [-0.4, -0.2) is 41.3 Å². The molecule has 9 heteroatoms. The summed E-state index contributed by atoms with van der Waals surface area (Å²) in [5, 5.41) is 12.0. The molecular formula is C17H17FN4O3S. The summed E-state index contributed by atoms with van der Waals surface area (Å²) >= 11 is 1.27. The van der Waals surface area contributed by atoms with E-state index >= 15 is 0 Å². The molecule has 0 radical (unpaired) electrons. The van der Waals surface area contributed by atoms with Gasteiger partial charge in [0, 0.05) is 31.2 Å². The molecule has 26 heavy (non-hydrogen) atoms. The Hall–Kier alpha value is -2.39. The molecule has 0 saturated carbocycles. The van der Waals surface area contributed by atoms with E-state index in [1.165, 1.54) is 23.5 Å². The first-order valence-corrected chi connectivity index (χ1v) is 9.23. The Bertz CT molecular complexity index is 820. The van der Waals surface area contributed by atoms with E-state index in [0.29, 0.717) is 41.8 Å². The number of carbonyl (C=O) groups excluding carboxylic acids is 2. The highest BCUT2D eigenvalue weighted by atomic mass is 32.1. The predicted octanol–water partition coefficient (Wildman–Crippen LogP) is 2.32. The van der Waals surface area contributed by atoms with Gasteiger partial charge in [0.15, 0.2) is 0 Å². The Morgan fingerprint density at radius 1 is 1.31 bits per heavy atom. The minimum Gasteiger partial charge on any atom is -0.368 e. The molecule has 1 aromatic heterocycles. The topological polar surface area (TPSA) is 84.4 Å². The summed E-state index contributed by atoms with van der Waals surface area (Å²) in [5.74, 6) is -0.687. The zero-order valence-electron chi connectivity index (χ0n) is 13.9. The molecule has 2 aromatic rings. The van der Waals surface area contributed by atoms with Crippen molar-refractivity contribution < 1.29 is 18.7 Å². The van der Waals surface area contributed by atoms with Crippen LogP contribution in [-0.2, 0) is 14.3 Å². The Labute approximate surface area is 153 Å². The molecular weight excluding hydrogens is 359 g/mol. The van der Waals surface area contributed by atoms with Gasteiger partial charge in [0.2, 0.25) is 11.0 Å². The number of rotatable bonds is 4. The highest BCUT2D eigenvalue weighted by Crippen LogP contribution is 2.34. The second-order valence-corrected chi connectivity index (χ2v) is 7.33. The lowest BCUT2D eigenvalue weighted by Gasteiger charge is -2.16. The zero-order chi connectivity index (χ0) is 18.1. The second-order valence-electron chi connectivity index (χ2n) is 6.32. The van der Waals surface area contributed by atoms with E-state index in [1.54, 1.807) is 17.0 Å². The van der Waals surface area contributed by atoms with Crippen molar-refractivity contribution in [3.05, 3.63) is 35.1 Å². The Balaban J connectivity index is 1.42. The lowest BCUT2D eigenvalue weighted by molar-refractivity contribution is -0.124. The number of nitrogens with zero attached hydrogens (tertiary/aromatic N) is 3. The molecule has 2 amide bonds. The van der Waals surface area contributed by atoms with Gasteiger partial charge in [-0.25, -0.2) is 4.39 Å². The van der Waals surface area contributed by atoms with Gasteiger partial charge >= 0.3 is 0 Å². The molecule has 7 nitrogen and oxygen atoms in total. The third kappa shape index (κ3) is 3.45. The van der Waals surface area contributed by atoms with Crippen LogP contribution in [0.5, 0.6) is 0 Å². The molecule has 2 aliphatic rings. The standard InChI is InChI=1S/C17H17FN4O3S/c18-11-3-5-12(6-4-11)22-9-10(8-14(22)23)16-20-21-17(26-16)19-15(24)13-2-1-7-25-13/h3-6,10,13H,1-2,7-9H2,(H,19,21,24)/t10-,13+/m1/s1. The van der Waals surface area contributed by atoms with Crippen LogP contribution in [0.3, 0.4) is 0 Å². The maximum absolute atomic E-state index is 13.1. The number of aromatic nitrogens is 2. The maximum atomic E-state index is 13.1. The minimum absolute atomic E-state index is 0.0400. The highest BCUT2D eigenvalue weighted by molar-refractivity contribution is 7.15. The monoisotopic (exact) mass is 376 g/mol. The molecule has 2 atom stereocenters. The van der Waals surface area contributed by atoms with Gasteiger partial charge in [-0.3, -0.25) is 14.9 Å². The van der Waals surface area contributed by atoms with Crippen molar-refractivity contribution in [2.24, 2.45) is 0 Å². The third-order valence-corrected chi connectivity index (χ3v) is 5.51. The Kier molecular flexibility index (Phi) is 4.64. The zero-order valence-corrected chi connectivity index (χ0v) is 14.7. The smallest absolute Gasteiger partial charge is 0.255 e. The summed E-state index contributed by atoms with van der Waals surface area (Å²) in [5.41, 5.74) is 0.662. The van der Waals surface area contributed by atoms with Crippen molar-refractivity contribution in [3.63, 3.8) is 0 Å². The van der Waals surface area contributed by atoms with Crippen LogP contribution < -0.4 is 10.2 Å². The summed E-state index contributed by atoms with van der Waals surface area (Å²) in [6.45, 7) is 1.06. The van der Waals surface area contributed by atoms with Crippen molar-refractivity contribution in [2.75, 3.05) is 23.4 Å². The van der Waals surface area contributed by atoms with Crippen LogP contribution in [0, 0.1) is 5.82 Å². The lowest BCUT2D eigenvalue weighted by atomic mass is 10.1. The van der Waals surface area contributed by atoms with Gasteiger partial charge in [0.25, 0.3) is 5.91 Å². The second kappa shape index (κ2) is 7.08. The van der Waals surface area contributed by atoms with Gasteiger partial charge in [-0.15, -0.1) is 10.2 Å². The van der Waals surface area contributed by atoms with Gasteiger partial charge in [-0.1, -0.05) is 11.3 Å². The predicted molar refractivity (Wildman–Crippen MR) is 93.6 cm³/mol. The fourth-order valence-corrected chi connectivity index (χ4v) is 4.00. The SMILES string of the molecule is O=C(Nc1nnc([C@@H]2CC(=O)N(c3ccc(F)cc3)C2)s1)[C@@H]1CCCO1. The number of halogens is 1. The van der Waals surface area contributed by atoms with E-state index in [0.717, 1.165) is 6.42 Å². The largest absolute Gasteiger partial charge is 0.368 e. The molecule has 2 fully saturated rings. The van der Waals surface area contributed by atoms with Crippen LogP contribution in [0.25, 0.3) is 0 Å². The van der Waals surface area contributed by atoms with Gasteiger partial charge < -0.3 is 9.64 Å². The number of carbonyl (C=O) groups is 2. The molecule has 0 bridgehead atoms. The van der Waals surface area contributed by atoms with E-state index in [-0.39, 0.29) is 23.5 Å². The summed E-state index contributed by atoms with van der Waals surface area (Å²) in [7, 11) is 0. The molecule has 4 rings (SSSR count). The highest BCUT2D eigenvalue weighted by Gasteiger charge is 2.34. The number of anilines is 2. The van der Waals surface area contributed by atoms with Crippen LogP contribution in [0.15, 0.2) is 24.3 Å². The third-order valence-electron chi connectivity index (χ3n) is 4.51. The van der Waals surface area contributed by atoms with Gasteiger partial charge in [-0.05, 0) is 37.1 Å². The number of hydrogen-bond acceptors (Lipinski definition) is 6.